The van der Waals surface area contributed by atoms with E-state index in [-0.39, 0.29) is 34.0 Å². The van der Waals surface area contributed by atoms with E-state index in [9.17, 15) is 9.59 Å². The van der Waals surface area contributed by atoms with Crippen molar-refractivity contribution in [3.63, 3.8) is 0 Å². The van der Waals surface area contributed by atoms with Crippen molar-refractivity contribution in [3.05, 3.63) is 0 Å². The molecule has 0 aliphatic heterocycles. The molecule has 1 amide bonds. The lowest BCUT2D eigenvalue weighted by Crippen LogP contribution is -2.46. The van der Waals surface area contributed by atoms with E-state index in [0.717, 1.165) is 6.42 Å². The molecule has 0 aromatic carbocycles. The predicted molar refractivity (Wildman–Crippen MR) is 147 cm³/mol. The molecule has 35 heavy (non-hydrogen) atoms. The summed E-state index contributed by atoms with van der Waals surface area (Å²) in [5.74, 6) is 0.388. The highest BCUT2D eigenvalue weighted by molar-refractivity contribution is 5.80. The zero-order valence-electron chi connectivity index (χ0n) is 25.6. The summed E-state index contributed by atoms with van der Waals surface area (Å²) >= 11 is 0. The topological polar surface area (TPSA) is 59.1 Å². The van der Waals surface area contributed by atoms with Gasteiger partial charge in [-0.1, -0.05) is 41.5 Å². The van der Waals surface area contributed by atoms with Gasteiger partial charge in [-0.15, -0.1) is 0 Å². The van der Waals surface area contributed by atoms with E-state index in [1.165, 1.54) is 0 Å². The van der Waals surface area contributed by atoms with Gasteiger partial charge in [-0.3, -0.25) is 14.5 Å². The van der Waals surface area contributed by atoms with E-state index in [0.29, 0.717) is 45.2 Å². The van der Waals surface area contributed by atoms with Crippen LogP contribution in [0.2, 0.25) is 0 Å². The minimum absolute atomic E-state index is 0.0334. The molecule has 0 rings (SSSR count). The smallest absolute Gasteiger partial charge is 0.225 e. The van der Waals surface area contributed by atoms with E-state index in [2.05, 4.69) is 67.3 Å². The maximum Gasteiger partial charge on any atom is 0.225 e. The maximum absolute atomic E-state index is 13.0. The average molecular weight is 499 g/mol. The van der Waals surface area contributed by atoms with Crippen molar-refractivity contribution in [2.45, 2.75) is 120 Å². The number of hydrogen-bond donors (Lipinski definition) is 0. The third-order valence-electron chi connectivity index (χ3n) is 6.89. The summed E-state index contributed by atoms with van der Waals surface area (Å²) in [6.45, 7) is 27.3. The lowest BCUT2D eigenvalue weighted by atomic mass is 9.85. The van der Waals surface area contributed by atoms with Crippen LogP contribution >= 0.6 is 0 Å². The lowest BCUT2D eigenvalue weighted by molar-refractivity contribution is -0.139. The summed E-state index contributed by atoms with van der Waals surface area (Å²) in [6.07, 6.45) is 1.76. The van der Waals surface area contributed by atoms with Crippen LogP contribution < -0.4 is 0 Å². The van der Waals surface area contributed by atoms with Crippen LogP contribution in [0.3, 0.4) is 0 Å². The van der Waals surface area contributed by atoms with Gasteiger partial charge < -0.3 is 14.4 Å². The van der Waals surface area contributed by atoms with Crippen LogP contribution in [0.15, 0.2) is 0 Å². The second kappa shape index (κ2) is 13.5. The highest BCUT2D eigenvalue weighted by atomic mass is 16.5. The van der Waals surface area contributed by atoms with Crippen molar-refractivity contribution in [2.24, 2.45) is 16.7 Å². The van der Waals surface area contributed by atoms with E-state index in [4.69, 9.17) is 9.47 Å². The third-order valence-corrected chi connectivity index (χ3v) is 6.89. The first-order chi connectivity index (χ1) is 15.6. The molecular weight excluding hydrogens is 440 g/mol. The third kappa shape index (κ3) is 13.8. The molecule has 0 aromatic rings. The van der Waals surface area contributed by atoms with Crippen LogP contribution in [0.5, 0.6) is 0 Å². The van der Waals surface area contributed by atoms with Crippen LogP contribution in [-0.2, 0) is 19.1 Å². The van der Waals surface area contributed by atoms with Gasteiger partial charge in [0.2, 0.25) is 5.91 Å². The molecule has 0 spiro atoms. The van der Waals surface area contributed by atoms with Gasteiger partial charge in [0.1, 0.15) is 5.78 Å². The van der Waals surface area contributed by atoms with Crippen LogP contribution in [0, 0.1) is 16.7 Å². The van der Waals surface area contributed by atoms with Crippen molar-refractivity contribution in [3.8, 4) is 0 Å². The second-order valence-electron chi connectivity index (χ2n) is 13.9. The fraction of sp³-hybridized carbons (Fsp3) is 0.931. The summed E-state index contributed by atoms with van der Waals surface area (Å²) in [6, 6.07) is 0.467. The summed E-state index contributed by atoms with van der Waals surface area (Å²) < 4.78 is 12.2. The fourth-order valence-electron chi connectivity index (χ4n) is 4.11. The summed E-state index contributed by atoms with van der Waals surface area (Å²) in [5.41, 5.74) is -0.880. The Morgan fingerprint density at radius 2 is 1.31 bits per heavy atom. The minimum Gasteiger partial charge on any atom is -0.380 e. The molecule has 6 nitrogen and oxygen atoms in total. The Morgan fingerprint density at radius 1 is 0.800 bits per heavy atom. The first kappa shape index (κ1) is 34.0. The van der Waals surface area contributed by atoms with Crippen molar-refractivity contribution >= 4 is 11.7 Å². The molecule has 0 aromatic heterocycles. The molecule has 0 saturated carbocycles. The molecular formula is C29H58N2O4. The Morgan fingerprint density at radius 3 is 1.80 bits per heavy atom. The number of Topliss-reactive ketones (excluding diaryl/α,β-unsaturated/α-hetero) is 1. The average Bonchev–Trinajstić information content (AvgIpc) is 2.65. The standard InChI is InChI=1S/C29H58N2O4/c1-22(2)24(32)17-26(5,6)20-34-21-27(7,8)19-30(13)25(33)18-29(11,12)35-16-15-28(9,10)31(14)23(3)4/h22-23H,15-21H2,1-14H3. The van der Waals surface area contributed by atoms with Gasteiger partial charge in [0.15, 0.2) is 0 Å². The van der Waals surface area contributed by atoms with Gasteiger partial charge in [-0.05, 0) is 60.4 Å². The van der Waals surface area contributed by atoms with Crippen LogP contribution in [0.1, 0.15) is 102 Å². The van der Waals surface area contributed by atoms with Gasteiger partial charge in [-0.25, -0.2) is 0 Å². The first-order valence-electron chi connectivity index (χ1n) is 13.3. The molecule has 0 aliphatic rings. The molecule has 0 N–H and O–H groups in total. The number of carbonyl (C=O) groups is 2. The normalized spacial score (nSPS) is 13.7. The lowest BCUT2D eigenvalue weighted by Gasteiger charge is -2.39. The monoisotopic (exact) mass is 498 g/mol. The molecule has 0 heterocycles. The van der Waals surface area contributed by atoms with Crippen molar-refractivity contribution in [1.29, 1.82) is 0 Å². The Labute approximate surface area is 217 Å². The summed E-state index contributed by atoms with van der Waals surface area (Å²) in [4.78, 5) is 29.2. The highest BCUT2D eigenvalue weighted by Gasteiger charge is 2.31. The Kier molecular flexibility index (Phi) is 13.2. The fourth-order valence-corrected chi connectivity index (χ4v) is 4.11. The van der Waals surface area contributed by atoms with E-state index in [1.54, 1.807) is 4.90 Å². The van der Waals surface area contributed by atoms with Crippen molar-refractivity contribution < 1.29 is 19.1 Å². The molecule has 208 valence electrons. The zero-order chi connectivity index (χ0) is 27.8. The van der Waals surface area contributed by atoms with Crippen LogP contribution in [0.25, 0.3) is 0 Å². The van der Waals surface area contributed by atoms with Crippen LogP contribution in [-0.4, -0.2) is 79.1 Å². The maximum atomic E-state index is 13.0. The Bertz CT molecular complexity index is 666. The SMILES string of the molecule is CC(C)C(=O)CC(C)(C)COCC(C)(C)CN(C)C(=O)CC(C)(C)OCCC(C)(C)N(C)C(C)C. The molecule has 6 heteroatoms. The second-order valence-corrected chi connectivity index (χ2v) is 13.9. The Balaban J connectivity index is 4.66. The number of ketones is 1. The predicted octanol–water partition coefficient (Wildman–Crippen LogP) is 5.82. The number of amides is 1. The number of rotatable bonds is 17. The molecule has 0 saturated heterocycles. The number of ether oxygens (including phenoxy) is 2. The summed E-state index contributed by atoms with van der Waals surface area (Å²) in [7, 11) is 4.00. The molecule has 0 radical (unpaired) electrons. The molecule has 0 aliphatic carbocycles. The van der Waals surface area contributed by atoms with Gasteiger partial charge in [0, 0.05) is 49.5 Å². The molecule has 0 atom stereocenters. The molecule has 0 fully saturated rings. The van der Waals surface area contributed by atoms with Gasteiger partial charge in [-0.2, -0.15) is 0 Å². The number of nitrogens with zero attached hydrogens (tertiary/aromatic N) is 2. The Hall–Kier alpha value is -0.980. The highest BCUT2D eigenvalue weighted by Crippen LogP contribution is 2.26. The largest absolute Gasteiger partial charge is 0.380 e. The summed E-state index contributed by atoms with van der Waals surface area (Å²) in [5, 5.41) is 0. The van der Waals surface area contributed by atoms with Gasteiger partial charge >= 0.3 is 0 Å². The number of hydrogen-bond acceptors (Lipinski definition) is 5. The van der Waals surface area contributed by atoms with Crippen LogP contribution in [0.4, 0.5) is 0 Å². The van der Waals surface area contributed by atoms with Crippen molar-refractivity contribution in [2.75, 3.05) is 40.5 Å². The molecule has 0 bridgehead atoms. The van der Waals surface area contributed by atoms with E-state index in [1.807, 2.05) is 34.7 Å². The quantitative estimate of drug-likeness (QED) is 0.253. The zero-order valence-corrected chi connectivity index (χ0v) is 25.6. The van der Waals surface area contributed by atoms with Crippen molar-refractivity contribution in [1.82, 2.24) is 9.80 Å². The first-order valence-corrected chi connectivity index (χ1v) is 13.3. The van der Waals surface area contributed by atoms with E-state index >= 15 is 0 Å². The number of carbonyl (C=O) groups excluding carboxylic acids is 2. The van der Waals surface area contributed by atoms with Gasteiger partial charge in [0.05, 0.1) is 25.2 Å². The van der Waals surface area contributed by atoms with E-state index < -0.39 is 5.60 Å². The molecule has 0 unspecified atom stereocenters. The van der Waals surface area contributed by atoms with Gasteiger partial charge in [0.25, 0.3) is 0 Å². The minimum atomic E-state index is -0.522.